The third-order valence-corrected chi connectivity index (χ3v) is 6.99. The Morgan fingerprint density at radius 3 is 2.10 bits per heavy atom. The molecular formula is C24H26N2O3S2. The van der Waals surface area contributed by atoms with Gasteiger partial charge in [-0.2, -0.15) is 0 Å². The Hall–Kier alpha value is -2.90. The van der Waals surface area contributed by atoms with E-state index in [0.717, 1.165) is 29.7 Å². The fourth-order valence-corrected chi connectivity index (χ4v) is 4.88. The molecule has 0 aliphatic rings. The highest BCUT2D eigenvalue weighted by molar-refractivity contribution is 7.91. The summed E-state index contributed by atoms with van der Waals surface area (Å²) < 4.78 is 31.4. The minimum Gasteiger partial charge on any atom is -0.495 e. The fourth-order valence-electron chi connectivity index (χ4n) is 3.36. The molecule has 0 spiro atoms. The largest absolute Gasteiger partial charge is 0.495 e. The van der Waals surface area contributed by atoms with Crippen LogP contribution in [0.15, 0.2) is 76.5 Å². The molecule has 0 unspecified atom stereocenters. The molecule has 0 bridgehead atoms. The van der Waals surface area contributed by atoms with Gasteiger partial charge in [-0.25, -0.2) is 8.42 Å². The number of hydrogen-bond acceptors (Lipinski definition) is 4. The number of anilines is 2. The van der Waals surface area contributed by atoms with Crippen molar-refractivity contribution in [3.05, 3.63) is 77.9 Å². The molecule has 2 N–H and O–H groups in total. The van der Waals surface area contributed by atoms with E-state index in [1.54, 1.807) is 42.5 Å². The summed E-state index contributed by atoms with van der Waals surface area (Å²) in [5.74, 6) is 0.496. The summed E-state index contributed by atoms with van der Waals surface area (Å²) in [6.45, 7) is 4.19. The van der Waals surface area contributed by atoms with Gasteiger partial charge in [0.2, 0.25) is 9.84 Å². The zero-order chi connectivity index (χ0) is 22.4. The van der Waals surface area contributed by atoms with Crippen molar-refractivity contribution in [2.24, 2.45) is 0 Å². The molecule has 0 amide bonds. The molecule has 0 heterocycles. The lowest BCUT2D eigenvalue weighted by Crippen LogP contribution is -2.21. The SMILES string of the molecule is CCc1cccc(CC)c1NC(=S)Nc1cc(S(=O)(=O)c2ccccc2)ccc1OC. The summed E-state index contributed by atoms with van der Waals surface area (Å²) in [6, 6.07) is 19.2. The molecule has 31 heavy (non-hydrogen) atoms. The highest BCUT2D eigenvalue weighted by atomic mass is 32.2. The van der Waals surface area contributed by atoms with Crippen LogP contribution < -0.4 is 15.4 Å². The fraction of sp³-hybridized carbons (Fsp3) is 0.208. The molecule has 7 heteroatoms. The first kappa shape index (κ1) is 22.8. The molecule has 0 fully saturated rings. The Balaban J connectivity index is 1.92. The quantitative estimate of drug-likeness (QED) is 0.462. The molecule has 162 valence electrons. The second-order valence-corrected chi connectivity index (χ2v) is 9.27. The van der Waals surface area contributed by atoms with Crippen molar-refractivity contribution in [1.29, 1.82) is 0 Å². The van der Waals surface area contributed by atoms with Gasteiger partial charge in [-0.3, -0.25) is 0 Å². The minimum atomic E-state index is -3.66. The lowest BCUT2D eigenvalue weighted by atomic mass is 10.0. The Morgan fingerprint density at radius 2 is 1.52 bits per heavy atom. The maximum atomic E-state index is 13.0. The number of benzene rings is 3. The second-order valence-electron chi connectivity index (χ2n) is 6.92. The lowest BCUT2D eigenvalue weighted by Gasteiger charge is -2.18. The maximum Gasteiger partial charge on any atom is 0.206 e. The van der Waals surface area contributed by atoms with Crippen molar-refractivity contribution in [3.63, 3.8) is 0 Å². The standard InChI is InChI=1S/C24H26N2O3S2/c1-4-17-10-9-11-18(5-2)23(17)26-24(30)25-21-16-20(14-15-22(21)29-3)31(27,28)19-12-7-6-8-13-19/h6-16H,4-5H2,1-3H3,(H2,25,26,30). The number of rotatable bonds is 7. The molecule has 0 atom stereocenters. The van der Waals surface area contributed by atoms with Gasteiger partial charge in [0.05, 0.1) is 22.6 Å². The van der Waals surface area contributed by atoms with Gasteiger partial charge in [0, 0.05) is 5.69 Å². The highest BCUT2D eigenvalue weighted by Crippen LogP contribution is 2.31. The molecular weight excluding hydrogens is 428 g/mol. The van der Waals surface area contributed by atoms with E-state index in [-0.39, 0.29) is 9.79 Å². The smallest absolute Gasteiger partial charge is 0.206 e. The highest BCUT2D eigenvalue weighted by Gasteiger charge is 2.20. The molecule has 0 aliphatic carbocycles. The van der Waals surface area contributed by atoms with Gasteiger partial charge < -0.3 is 15.4 Å². The number of sulfone groups is 1. The van der Waals surface area contributed by atoms with Crippen LogP contribution in [0.4, 0.5) is 11.4 Å². The number of hydrogen-bond donors (Lipinski definition) is 2. The van der Waals surface area contributed by atoms with Gasteiger partial charge in [0.25, 0.3) is 0 Å². The van der Waals surface area contributed by atoms with E-state index in [1.165, 1.54) is 13.2 Å². The van der Waals surface area contributed by atoms with E-state index in [4.69, 9.17) is 17.0 Å². The van der Waals surface area contributed by atoms with Crippen LogP contribution in [0.5, 0.6) is 5.75 Å². The summed E-state index contributed by atoms with van der Waals surface area (Å²) in [6.07, 6.45) is 1.74. The minimum absolute atomic E-state index is 0.160. The zero-order valence-corrected chi connectivity index (χ0v) is 19.4. The van der Waals surface area contributed by atoms with E-state index in [2.05, 4.69) is 36.6 Å². The van der Waals surface area contributed by atoms with Gasteiger partial charge in [-0.05, 0) is 66.5 Å². The van der Waals surface area contributed by atoms with Crippen LogP contribution in [0.25, 0.3) is 0 Å². The first-order chi connectivity index (χ1) is 14.9. The van der Waals surface area contributed by atoms with Crippen LogP contribution in [0, 0.1) is 0 Å². The van der Waals surface area contributed by atoms with E-state index in [9.17, 15) is 8.42 Å². The molecule has 3 rings (SSSR count). The average molecular weight is 455 g/mol. The van der Waals surface area contributed by atoms with Crippen LogP contribution >= 0.6 is 12.2 Å². The van der Waals surface area contributed by atoms with Gasteiger partial charge in [0.15, 0.2) is 5.11 Å². The van der Waals surface area contributed by atoms with Crippen LogP contribution in [0.2, 0.25) is 0 Å². The number of thiocarbonyl (C=S) groups is 1. The van der Waals surface area contributed by atoms with Gasteiger partial charge >= 0.3 is 0 Å². The maximum absolute atomic E-state index is 13.0. The molecule has 0 aliphatic heterocycles. The van der Waals surface area contributed by atoms with Crippen molar-refractivity contribution < 1.29 is 13.2 Å². The second kappa shape index (κ2) is 9.94. The van der Waals surface area contributed by atoms with Crippen LogP contribution in [-0.2, 0) is 22.7 Å². The van der Waals surface area contributed by atoms with Gasteiger partial charge in [0.1, 0.15) is 5.75 Å². The van der Waals surface area contributed by atoms with Gasteiger partial charge in [-0.15, -0.1) is 0 Å². The van der Waals surface area contributed by atoms with Crippen molar-refractivity contribution in [1.82, 2.24) is 0 Å². The predicted octanol–water partition coefficient (Wildman–Crippen LogP) is 5.46. The molecule has 0 saturated carbocycles. The third kappa shape index (κ3) is 5.06. The molecule has 0 aromatic heterocycles. The van der Waals surface area contributed by atoms with E-state index >= 15 is 0 Å². The Morgan fingerprint density at radius 1 is 0.871 bits per heavy atom. The van der Waals surface area contributed by atoms with Crippen molar-refractivity contribution in [2.75, 3.05) is 17.7 Å². The van der Waals surface area contributed by atoms with Crippen molar-refractivity contribution >= 4 is 38.5 Å². The molecule has 3 aromatic rings. The summed E-state index contributed by atoms with van der Waals surface area (Å²) in [5, 5.41) is 6.76. The van der Waals surface area contributed by atoms with Gasteiger partial charge in [-0.1, -0.05) is 50.2 Å². The monoisotopic (exact) mass is 454 g/mol. The normalized spacial score (nSPS) is 11.1. The number of methoxy groups -OCH3 is 1. The summed E-state index contributed by atoms with van der Waals surface area (Å²) in [5.41, 5.74) is 3.79. The molecule has 3 aromatic carbocycles. The average Bonchev–Trinajstić information content (AvgIpc) is 2.79. The van der Waals surface area contributed by atoms with E-state index < -0.39 is 9.84 Å². The molecule has 0 radical (unpaired) electrons. The van der Waals surface area contributed by atoms with E-state index in [0.29, 0.717) is 16.5 Å². The number of aryl methyl sites for hydroxylation is 2. The van der Waals surface area contributed by atoms with Crippen LogP contribution in [-0.4, -0.2) is 20.6 Å². The number of para-hydroxylation sites is 1. The number of ether oxygens (including phenoxy) is 1. The Kier molecular flexibility index (Phi) is 7.30. The predicted molar refractivity (Wildman–Crippen MR) is 130 cm³/mol. The zero-order valence-electron chi connectivity index (χ0n) is 17.8. The summed E-state index contributed by atoms with van der Waals surface area (Å²) in [4.78, 5) is 0.393. The van der Waals surface area contributed by atoms with E-state index in [1.807, 2.05) is 6.07 Å². The first-order valence-electron chi connectivity index (χ1n) is 10.1. The lowest BCUT2D eigenvalue weighted by molar-refractivity contribution is 0.416. The van der Waals surface area contributed by atoms with Crippen LogP contribution in [0.1, 0.15) is 25.0 Å². The molecule has 0 saturated heterocycles. The number of nitrogens with one attached hydrogen (secondary N) is 2. The Bertz CT molecular complexity index is 1150. The van der Waals surface area contributed by atoms with Crippen molar-refractivity contribution in [3.8, 4) is 5.75 Å². The first-order valence-corrected chi connectivity index (χ1v) is 12.0. The summed E-state index contributed by atoms with van der Waals surface area (Å²) in [7, 11) is -2.13. The van der Waals surface area contributed by atoms with Crippen molar-refractivity contribution in [2.45, 2.75) is 36.5 Å². The molecule has 5 nitrogen and oxygen atoms in total. The van der Waals surface area contributed by atoms with Crippen LogP contribution in [0.3, 0.4) is 0 Å². The summed E-state index contributed by atoms with van der Waals surface area (Å²) >= 11 is 5.54. The topological polar surface area (TPSA) is 67.4 Å². The Labute approximate surface area is 189 Å². The third-order valence-electron chi connectivity index (χ3n) is 5.02.